The molecule has 8 heteroatoms. The van der Waals surface area contributed by atoms with Gasteiger partial charge in [0.05, 0.1) is 11.6 Å². The molecule has 138 valence electrons. The highest BCUT2D eigenvalue weighted by molar-refractivity contribution is 14.0. The highest BCUT2D eigenvalue weighted by Crippen LogP contribution is 2.15. The summed E-state index contributed by atoms with van der Waals surface area (Å²) in [5, 5.41) is 8.32. The first-order chi connectivity index (χ1) is 11.7. The maximum Gasteiger partial charge on any atom is 0.191 e. The van der Waals surface area contributed by atoms with Crippen molar-refractivity contribution in [2.75, 3.05) is 26.2 Å². The Labute approximate surface area is 175 Å². The van der Waals surface area contributed by atoms with E-state index in [4.69, 9.17) is 16.3 Å². The van der Waals surface area contributed by atoms with Gasteiger partial charge >= 0.3 is 0 Å². The van der Waals surface area contributed by atoms with Gasteiger partial charge in [-0.25, -0.2) is 4.98 Å². The SMILES string of the molecule is CCNC(=NCCc1ncc(C)s1)NCCOc1ccc(Cl)cc1.I. The zero-order valence-electron chi connectivity index (χ0n) is 14.4. The summed E-state index contributed by atoms with van der Waals surface area (Å²) in [6.45, 7) is 6.87. The van der Waals surface area contributed by atoms with Crippen LogP contribution in [-0.4, -0.2) is 37.2 Å². The molecule has 2 N–H and O–H groups in total. The molecule has 25 heavy (non-hydrogen) atoms. The highest BCUT2D eigenvalue weighted by atomic mass is 127. The Hall–Kier alpha value is -1.06. The Balaban J connectivity index is 0.00000312. The van der Waals surface area contributed by atoms with Crippen LogP contribution < -0.4 is 15.4 Å². The minimum atomic E-state index is 0. The topological polar surface area (TPSA) is 58.5 Å². The van der Waals surface area contributed by atoms with E-state index in [9.17, 15) is 0 Å². The lowest BCUT2D eigenvalue weighted by molar-refractivity contribution is 0.322. The van der Waals surface area contributed by atoms with Gasteiger partial charge in [0.2, 0.25) is 0 Å². The summed E-state index contributed by atoms with van der Waals surface area (Å²) in [7, 11) is 0. The van der Waals surface area contributed by atoms with Crippen molar-refractivity contribution < 1.29 is 4.74 Å². The third-order valence-electron chi connectivity index (χ3n) is 3.09. The number of halogens is 2. The van der Waals surface area contributed by atoms with E-state index < -0.39 is 0 Å². The first-order valence-electron chi connectivity index (χ1n) is 7.99. The van der Waals surface area contributed by atoms with E-state index in [1.807, 2.05) is 37.4 Å². The predicted molar refractivity (Wildman–Crippen MR) is 117 cm³/mol. The van der Waals surface area contributed by atoms with Crippen molar-refractivity contribution in [2.24, 2.45) is 4.99 Å². The highest BCUT2D eigenvalue weighted by Gasteiger charge is 2.00. The third kappa shape index (κ3) is 8.73. The molecule has 0 bridgehead atoms. The number of nitrogens with one attached hydrogen (secondary N) is 2. The molecule has 0 fully saturated rings. The average Bonchev–Trinajstić information content (AvgIpc) is 2.98. The molecule has 0 atom stereocenters. The van der Waals surface area contributed by atoms with Crippen LogP contribution in [-0.2, 0) is 6.42 Å². The summed E-state index contributed by atoms with van der Waals surface area (Å²) in [6, 6.07) is 7.35. The van der Waals surface area contributed by atoms with Crippen molar-refractivity contribution in [3.05, 3.63) is 45.4 Å². The van der Waals surface area contributed by atoms with Crippen LogP contribution in [0.1, 0.15) is 16.8 Å². The van der Waals surface area contributed by atoms with Crippen LogP contribution in [0.5, 0.6) is 5.75 Å². The molecule has 0 unspecified atom stereocenters. The van der Waals surface area contributed by atoms with Crippen molar-refractivity contribution >= 4 is 52.9 Å². The number of guanidine groups is 1. The van der Waals surface area contributed by atoms with Gasteiger partial charge in [-0.2, -0.15) is 0 Å². The molecular formula is C17H24ClIN4OS. The lowest BCUT2D eigenvalue weighted by atomic mass is 10.3. The molecule has 0 aliphatic heterocycles. The van der Waals surface area contributed by atoms with Crippen LogP contribution in [0.15, 0.2) is 35.5 Å². The summed E-state index contributed by atoms with van der Waals surface area (Å²) in [5.74, 6) is 1.60. The van der Waals surface area contributed by atoms with Gasteiger partial charge in [0, 0.05) is 35.6 Å². The molecule has 1 aromatic carbocycles. The first kappa shape index (κ1) is 22.0. The number of ether oxygens (including phenoxy) is 1. The minimum Gasteiger partial charge on any atom is -0.492 e. The van der Waals surface area contributed by atoms with Crippen LogP contribution in [0.2, 0.25) is 5.02 Å². The second-order valence-corrected chi connectivity index (χ2v) is 6.86. The molecule has 2 aromatic rings. The van der Waals surface area contributed by atoms with E-state index in [0.29, 0.717) is 24.7 Å². The number of hydrogen-bond acceptors (Lipinski definition) is 4. The summed E-state index contributed by atoms with van der Waals surface area (Å²) in [6.07, 6.45) is 2.76. The van der Waals surface area contributed by atoms with Gasteiger partial charge in [-0.3, -0.25) is 4.99 Å². The van der Waals surface area contributed by atoms with E-state index in [0.717, 1.165) is 29.7 Å². The van der Waals surface area contributed by atoms with Crippen LogP contribution in [0.3, 0.4) is 0 Å². The molecule has 1 aromatic heterocycles. The maximum absolute atomic E-state index is 5.85. The molecule has 0 amide bonds. The number of aromatic nitrogens is 1. The Kier molecular flexibility index (Phi) is 10.8. The monoisotopic (exact) mass is 494 g/mol. The van der Waals surface area contributed by atoms with Gasteiger partial charge in [-0.15, -0.1) is 35.3 Å². The Morgan fingerprint density at radius 3 is 2.68 bits per heavy atom. The number of hydrogen-bond donors (Lipinski definition) is 2. The fourth-order valence-corrected chi connectivity index (χ4v) is 2.89. The van der Waals surface area contributed by atoms with Crippen molar-refractivity contribution in [3.8, 4) is 5.75 Å². The van der Waals surface area contributed by atoms with E-state index in [-0.39, 0.29) is 24.0 Å². The largest absolute Gasteiger partial charge is 0.492 e. The van der Waals surface area contributed by atoms with Crippen LogP contribution in [0.25, 0.3) is 0 Å². The second-order valence-electron chi connectivity index (χ2n) is 5.10. The Morgan fingerprint density at radius 1 is 1.28 bits per heavy atom. The lowest BCUT2D eigenvalue weighted by Crippen LogP contribution is -2.39. The van der Waals surface area contributed by atoms with Gasteiger partial charge in [0.25, 0.3) is 0 Å². The fourth-order valence-electron chi connectivity index (χ4n) is 1.99. The summed E-state index contributed by atoms with van der Waals surface area (Å²) >= 11 is 7.57. The summed E-state index contributed by atoms with van der Waals surface area (Å²) in [4.78, 5) is 10.1. The molecule has 5 nitrogen and oxygen atoms in total. The maximum atomic E-state index is 5.85. The molecule has 0 radical (unpaired) electrons. The number of thiazole rings is 1. The third-order valence-corrected chi connectivity index (χ3v) is 4.31. The molecular weight excluding hydrogens is 471 g/mol. The quantitative estimate of drug-likeness (QED) is 0.253. The number of aliphatic imine (C=N–C) groups is 1. The number of benzene rings is 1. The number of nitrogens with zero attached hydrogens (tertiary/aromatic N) is 2. The van der Waals surface area contributed by atoms with Gasteiger partial charge in [0.1, 0.15) is 12.4 Å². The average molecular weight is 495 g/mol. The van der Waals surface area contributed by atoms with Gasteiger partial charge in [-0.1, -0.05) is 11.6 Å². The molecule has 2 rings (SSSR count). The predicted octanol–water partition coefficient (Wildman–Crippen LogP) is 3.90. The number of rotatable bonds is 8. The Morgan fingerprint density at radius 2 is 2.04 bits per heavy atom. The van der Waals surface area contributed by atoms with Gasteiger partial charge < -0.3 is 15.4 Å². The van der Waals surface area contributed by atoms with Gasteiger partial charge in [-0.05, 0) is 38.1 Å². The lowest BCUT2D eigenvalue weighted by Gasteiger charge is -2.12. The molecule has 0 aliphatic carbocycles. The summed E-state index contributed by atoms with van der Waals surface area (Å²) in [5.41, 5.74) is 0. The standard InChI is InChI=1S/C17H23ClN4OS.HI/c1-3-19-17(20-9-8-16-22-12-13(2)24-16)21-10-11-23-15-6-4-14(18)5-7-15;/h4-7,12H,3,8-11H2,1-2H3,(H2,19,20,21);1H. The Bertz CT molecular complexity index is 648. The molecule has 0 saturated heterocycles. The second kappa shape index (κ2) is 12.3. The molecule has 0 aliphatic rings. The molecule has 1 heterocycles. The van der Waals surface area contributed by atoms with E-state index in [2.05, 4.69) is 27.5 Å². The minimum absolute atomic E-state index is 0. The van der Waals surface area contributed by atoms with Gasteiger partial charge in [0.15, 0.2) is 5.96 Å². The van der Waals surface area contributed by atoms with Crippen LogP contribution in [0, 0.1) is 6.92 Å². The first-order valence-corrected chi connectivity index (χ1v) is 9.18. The van der Waals surface area contributed by atoms with Crippen LogP contribution in [0.4, 0.5) is 0 Å². The van der Waals surface area contributed by atoms with Crippen molar-refractivity contribution in [2.45, 2.75) is 20.3 Å². The van der Waals surface area contributed by atoms with Crippen molar-refractivity contribution in [3.63, 3.8) is 0 Å². The zero-order chi connectivity index (χ0) is 17.2. The molecule has 0 saturated carbocycles. The van der Waals surface area contributed by atoms with Crippen molar-refractivity contribution in [1.29, 1.82) is 0 Å². The zero-order valence-corrected chi connectivity index (χ0v) is 18.3. The van der Waals surface area contributed by atoms with E-state index in [1.54, 1.807) is 11.3 Å². The van der Waals surface area contributed by atoms with Crippen LogP contribution >= 0.6 is 46.9 Å². The smallest absolute Gasteiger partial charge is 0.191 e. The van der Waals surface area contributed by atoms with E-state index in [1.165, 1.54) is 4.88 Å². The van der Waals surface area contributed by atoms with E-state index >= 15 is 0 Å². The fraction of sp³-hybridized carbons (Fsp3) is 0.412. The summed E-state index contributed by atoms with van der Waals surface area (Å²) < 4.78 is 5.65. The molecule has 0 spiro atoms. The van der Waals surface area contributed by atoms with Crippen molar-refractivity contribution in [1.82, 2.24) is 15.6 Å². The number of aryl methyl sites for hydroxylation is 1. The normalized spacial score (nSPS) is 10.9.